The van der Waals surface area contributed by atoms with E-state index >= 15 is 0 Å². The van der Waals surface area contributed by atoms with Crippen LogP contribution in [0.4, 0.5) is 0 Å². The normalized spacial score (nSPS) is 20.4. The number of aliphatic hydroxyl groups excluding tert-OH is 1. The third-order valence-corrected chi connectivity index (χ3v) is 7.42. The van der Waals surface area contributed by atoms with Gasteiger partial charge in [-0.1, -0.05) is 55.8 Å². The molecule has 2 N–H and O–H groups in total. The fourth-order valence-corrected chi connectivity index (χ4v) is 5.42. The number of ether oxygens (including phenoxy) is 2. The second-order valence-electron chi connectivity index (χ2n) is 9.95. The van der Waals surface area contributed by atoms with Crippen LogP contribution in [0.15, 0.2) is 66.7 Å². The lowest BCUT2D eigenvalue weighted by atomic mass is 9.87. The predicted molar refractivity (Wildman–Crippen MR) is 140 cm³/mol. The van der Waals surface area contributed by atoms with Crippen LogP contribution in [0.5, 0.6) is 11.5 Å². The molecule has 5 rings (SSSR count). The van der Waals surface area contributed by atoms with E-state index in [9.17, 15) is 5.11 Å². The molecular formula is C31H37NO3. The summed E-state index contributed by atoms with van der Waals surface area (Å²) in [5.41, 5.74) is 6.54. The Labute approximate surface area is 209 Å². The molecule has 0 radical (unpaired) electrons. The Balaban J connectivity index is 1.20. The van der Waals surface area contributed by atoms with Crippen molar-refractivity contribution >= 4 is 0 Å². The van der Waals surface area contributed by atoms with Gasteiger partial charge in [0.1, 0.15) is 11.5 Å². The Bertz CT molecular complexity index is 1090. The van der Waals surface area contributed by atoms with E-state index in [1.54, 1.807) is 0 Å². The van der Waals surface area contributed by atoms with Gasteiger partial charge in [0.2, 0.25) is 0 Å². The van der Waals surface area contributed by atoms with Gasteiger partial charge in [0.15, 0.2) is 0 Å². The van der Waals surface area contributed by atoms with Crippen LogP contribution >= 0.6 is 0 Å². The smallest absolute Gasteiger partial charge is 0.127 e. The molecule has 0 aromatic heterocycles. The Morgan fingerprint density at radius 1 is 0.943 bits per heavy atom. The summed E-state index contributed by atoms with van der Waals surface area (Å²) in [7, 11) is 0. The lowest BCUT2D eigenvalue weighted by Gasteiger charge is -2.32. The fraction of sp³-hybridized carbons (Fsp3) is 0.419. The lowest BCUT2D eigenvalue weighted by Crippen LogP contribution is -2.40. The molecule has 3 aromatic carbocycles. The Kier molecular flexibility index (Phi) is 7.82. The maximum Gasteiger partial charge on any atom is 0.127 e. The predicted octanol–water partition coefficient (Wildman–Crippen LogP) is 6.46. The van der Waals surface area contributed by atoms with Crippen LogP contribution < -0.4 is 10.1 Å². The summed E-state index contributed by atoms with van der Waals surface area (Å²) in [4.78, 5) is 0. The van der Waals surface area contributed by atoms with Crippen molar-refractivity contribution in [3.05, 3.63) is 94.5 Å². The summed E-state index contributed by atoms with van der Waals surface area (Å²) in [6.45, 7) is 4.64. The average Bonchev–Trinajstić information content (AvgIpc) is 3.37. The minimum atomic E-state index is -0.406. The highest BCUT2D eigenvalue weighted by molar-refractivity contribution is 5.37. The van der Waals surface area contributed by atoms with Crippen LogP contribution in [0.3, 0.4) is 0 Å². The lowest BCUT2D eigenvalue weighted by molar-refractivity contribution is 0.0106. The number of hydrogen-bond donors (Lipinski definition) is 2. The Morgan fingerprint density at radius 3 is 2.46 bits per heavy atom. The van der Waals surface area contributed by atoms with E-state index in [0.717, 1.165) is 49.4 Å². The fourth-order valence-electron chi connectivity index (χ4n) is 5.42. The highest BCUT2D eigenvalue weighted by Gasteiger charge is 2.27. The van der Waals surface area contributed by atoms with E-state index in [-0.39, 0.29) is 6.10 Å². The standard InChI is InChI=1S/C31H37NO3/c1-2-4-30(33)25-11-15-28(16-12-25)35-27-13-9-24(10-14-27)29-17-18-32-20-31(29)34-21-22-7-8-23-5-3-6-26(23)19-22/h7-16,19,29-33H,2-6,17-18,20-21H2,1H3. The van der Waals surface area contributed by atoms with E-state index < -0.39 is 6.10 Å². The zero-order valence-corrected chi connectivity index (χ0v) is 20.7. The number of benzene rings is 3. The van der Waals surface area contributed by atoms with Crippen LogP contribution in [0.25, 0.3) is 0 Å². The summed E-state index contributed by atoms with van der Waals surface area (Å²) in [5, 5.41) is 13.7. The van der Waals surface area contributed by atoms with Crippen molar-refractivity contribution in [1.82, 2.24) is 5.32 Å². The van der Waals surface area contributed by atoms with E-state index in [1.807, 2.05) is 24.3 Å². The largest absolute Gasteiger partial charge is 0.457 e. The zero-order chi connectivity index (χ0) is 24.0. The number of nitrogens with one attached hydrogen (secondary N) is 1. The molecule has 0 saturated carbocycles. The van der Waals surface area contributed by atoms with Crippen LogP contribution in [-0.4, -0.2) is 24.3 Å². The monoisotopic (exact) mass is 471 g/mol. The van der Waals surface area contributed by atoms with Gasteiger partial charge in [0.05, 0.1) is 18.8 Å². The molecule has 184 valence electrons. The molecule has 1 heterocycles. The van der Waals surface area contributed by atoms with Gasteiger partial charge in [0, 0.05) is 12.5 Å². The minimum absolute atomic E-state index is 0.158. The second-order valence-corrected chi connectivity index (χ2v) is 9.95. The van der Waals surface area contributed by atoms with Crippen LogP contribution in [0.1, 0.15) is 72.4 Å². The van der Waals surface area contributed by atoms with E-state index in [4.69, 9.17) is 9.47 Å². The van der Waals surface area contributed by atoms with E-state index in [2.05, 4.69) is 54.7 Å². The molecule has 1 aliphatic carbocycles. The molecule has 1 fully saturated rings. The highest BCUT2D eigenvalue weighted by atomic mass is 16.5. The highest BCUT2D eigenvalue weighted by Crippen LogP contribution is 2.32. The number of hydrogen-bond acceptors (Lipinski definition) is 4. The molecule has 2 aliphatic rings. The molecule has 0 spiro atoms. The first kappa shape index (κ1) is 24.1. The van der Waals surface area contributed by atoms with Crippen LogP contribution in [0, 0.1) is 0 Å². The zero-order valence-electron chi connectivity index (χ0n) is 20.7. The number of aryl methyl sites for hydroxylation is 2. The molecule has 4 nitrogen and oxygen atoms in total. The van der Waals surface area contributed by atoms with Crippen molar-refractivity contribution < 1.29 is 14.6 Å². The molecule has 0 amide bonds. The number of aliphatic hydroxyl groups is 1. The van der Waals surface area contributed by atoms with Crippen molar-refractivity contribution in [3.8, 4) is 11.5 Å². The summed E-state index contributed by atoms with van der Waals surface area (Å²) in [6.07, 6.45) is 6.26. The molecule has 3 aromatic rings. The number of fused-ring (bicyclic) bond motifs is 1. The van der Waals surface area contributed by atoms with E-state index in [1.165, 1.54) is 41.5 Å². The number of piperidine rings is 1. The van der Waals surface area contributed by atoms with Gasteiger partial charge in [-0.15, -0.1) is 0 Å². The van der Waals surface area contributed by atoms with Crippen LogP contribution in [-0.2, 0) is 24.2 Å². The molecule has 35 heavy (non-hydrogen) atoms. The first-order chi connectivity index (χ1) is 17.2. The summed E-state index contributed by atoms with van der Waals surface area (Å²) in [5.74, 6) is 1.97. The van der Waals surface area contributed by atoms with Crippen molar-refractivity contribution in [2.24, 2.45) is 0 Å². The molecule has 1 aliphatic heterocycles. The van der Waals surface area contributed by atoms with Gasteiger partial charge >= 0.3 is 0 Å². The Morgan fingerprint density at radius 2 is 1.69 bits per heavy atom. The Hall–Kier alpha value is -2.66. The van der Waals surface area contributed by atoms with Gasteiger partial charge in [-0.05, 0) is 90.7 Å². The molecule has 0 bridgehead atoms. The van der Waals surface area contributed by atoms with Crippen molar-refractivity contribution in [2.75, 3.05) is 13.1 Å². The minimum Gasteiger partial charge on any atom is -0.457 e. The number of rotatable bonds is 9. The molecular weight excluding hydrogens is 434 g/mol. The van der Waals surface area contributed by atoms with Gasteiger partial charge in [-0.25, -0.2) is 0 Å². The van der Waals surface area contributed by atoms with Crippen LogP contribution in [0.2, 0.25) is 0 Å². The first-order valence-electron chi connectivity index (χ1n) is 13.2. The quantitative estimate of drug-likeness (QED) is 0.376. The van der Waals surface area contributed by atoms with Crippen molar-refractivity contribution in [3.63, 3.8) is 0 Å². The van der Waals surface area contributed by atoms with Gasteiger partial charge in [-0.2, -0.15) is 0 Å². The third kappa shape index (κ3) is 5.95. The van der Waals surface area contributed by atoms with E-state index in [0.29, 0.717) is 12.5 Å². The first-order valence-corrected chi connectivity index (χ1v) is 13.2. The summed E-state index contributed by atoms with van der Waals surface area (Å²) < 4.78 is 12.5. The van der Waals surface area contributed by atoms with Gasteiger partial charge < -0.3 is 19.9 Å². The molecule has 1 saturated heterocycles. The second kappa shape index (κ2) is 11.4. The third-order valence-electron chi connectivity index (χ3n) is 7.42. The van der Waals surface area contributed by atoms with Crippen molar-refractivity contribution in [2.45, 2.75) is 70.2 Å². The maximum absolute atomic E-state index is 10.2. The summed E-state index contributed by atoms with van der Waals surface area (Å²) in [6, 6.07) is 23.1. The SMILES string of the molecule is CCCC(O)c1ccc(Oc2ccc(C3CCNCC3OCc3ccc4c(c3)CCC4)cc2)cc1. The molecule has 3 atom stereocenters. The maximum atomic E-state index is 10.2. The molecule has 3 unspecified atom stereocenters. The van der Waals surface area contributed by atoms with Gasteiger partial charge in [-0.3, -0.25) is 0 Å². The van der Waals surface area contributed by atoms with Crippen molar-refractivity contribution in [1.29, 1.82) is 0 Å². The topological polar surface area (TPSA) is 50.7 Å². The van der Waals surface area contributed by atoms with Gasteiger partial charge in [0.25, 0.3) is 0 Å². The molecule has 4 heteroatoms. The average molecular weight is 472 g/mol. The summed E-state index contributed by atoms with van der Waals surface area (Å²) >= 11 is 0.